The number of rotatable bonds is 1. The summed E-state index contributed by atoms with van der Waals surface area (Å²) in [5.74, 6) is 0. The number of anilines is 1. The molecular weight excluding hydrogens is 352 g/mol. The van der Waals surface area contributed by atoms with E-state index in [0.29, 0.717) is 0 Å². The van der Waals surface area contributed by atoms with Crippen LogP contribution in [0.15, 0.2) is 72.8 Å². The molecule has 0 saturated carbocycles. The summed E-state index contributed by atoms with van der Waals surface area (Å²) in [6.45, 7) is 0. The Balaban J connectivity index is 1.52. The lowest BCUT2D eigenvalue weighted by molar-refractivity contribution is 0.690. The van der Waals surface area contributed by atoms with Crippen LogP contribution in [-0.4, -0.2) is 4.98 Å². The second kappa shape index (κ2) is 6.31. The summed E-state index contributed by atoms with van der Waals surface area (Å²) in [4.78, 5) is 4.85. The van der Waals surface area contributed by atoms with Crippen LogP contribution in [0.4, 0.5) is 5.69 Å². The monoisotopic (exact) mass is 374 g/mol. The number of nitrogen functional groups attached to an aromatic ring is 1. The molecule has 140 valence electrons. The van der Waals surface area contributed by atoms with E-state index in [4.69, 9.17) is 10.7 Å². The van der Waals surface area contributed by atoms with Crippen molar-refractivity contribution < 1.29 is 0 Å². The van der Waals surface area contributed by atoms with Gasteiger partial charge in [0, 0.05) is 16.6 Å². The zero-order valence-electron chi connectivity index (χ0n) is 16.3. The Morgan fingerprint density at radius 3 is 2.41 bits per heavy atom. The number of benzene rings is 4. The van der Waals surface area contributed by atoms with Crippen molar-refractivity contribution in [2.24, 2.45) is 0 Å². The zero-order valence-corrected chi connectivity index (χ0v) is 16.3. The van der Waals surface area contributed by atoms with Gasteiger partial charge in [0.25, 0.3) is 0 Å². The number of nitrogens with two attached hydrogens (primary N) is 1. The van der Waals surface area contributed by atoms with Gasteiger partial charge in [-0.05, 0) is 82.6 Å². The maximum atomic E-state index is 5.95. The van der Waals surface area contributed by atoms with E-state index in [2.05, 4.69) is 54.6 Å². The van der Waals surface area contributed by atoms with E-state index in [0.717, 1.165) is 27.8 Å². The Bertz CT molecular complexity index is 1420. The van der Waals surface area contributed by atoms with E-state index in [9.17, 15) is 0 Å². The highest BCUT2D eigenvalue weighted by atomic mass is 14.7. The van der Waals surface area contributed by atoms with Gasteiger partial charge in [0.15, 0.2) is 0 Å². The lowest BCUT2D eigenvalue weighted by atomic mass is 9.86. The van der Waals surface area contributed by atoms with Crippen LogP contribution in [0.3, 0.4) is 0 Å². The Morgan fingerprint density at radius 1 is 0.655 bits per heavy atom. The third kappa shape index (κ3) is 2.67. The standard InChI is InChI=1S/C27H22N2/c28-21-10-5-18-9-14-26(29-27(18)16-21)20-8-11-23-19(15-20)7-13-24-22-4-2-1-3-17(22)6-12-25(23)24/h5-16H,1-4,28H2. The zero-order chi connectivity index (χ0) is 19.4. The van der Waals surface area contributed by atoms with Gasteiger partial charge >= 0.3 is 0 Å². The fourth-order valence-corrected chi connectivity index (χ4v) is 4.86. The minimum Gasteiger partial charge on any atom is -0.399 e. The molecule has 0 fully saturated rings. The molecule has 1 heterocycles. The minimum atomic E-state index is 0.746. The summed E-state index contributed by atoms with van der Waals surface area (Å²) < 4.78 is 0. The van der Waals surface area contributed by atoms with Crippen LogP contribution in [0.2, 0.25) is 0 Å². The molecule has 1 aliphatic rings. The summed E-state index contributed by atoms with van der Waals surface area (Å²) in [5.41, 5.74) is 12.9. The SMILES string of the molecule is Nc1ccc2ccc(-c3ccc4c(ccc5c6c(ccc54)CCCC6)c3)nc2c1. The van der Waals surface area contributed by atoms with Crippen molar-refractivity contribution in [1.82, 2.24) is 4.98 Å². The molecule has 4 aromatic carbocycles. The van der Waals surface area contributed by atoms with E-state index in [1.807, 2.05) is 18.2 Å². The predicted octanol–water partition coefficient (Wildman–Crippen LogP) is 6.67. The number of nitrogens with zero attached hydrogens (tertiary/aromatic N) is 1. The summed E-state index contributed by atoms with van der Waals surface area (Å²) in [6, 6.07) is 26.1. The molecule has 2 nitrogen and oxygen atoms in total. The molecule has 0 spiro atoms. The average molecular weight is 374 g/mol. The molecule has 0 bridgehead atoms. The smallest absolute Gasteiger partial charge is 0.0730 e. The molecule has 1 aromatic heterocycles. The minimum absolute atomic E-state index is 0.746. The third-order valence-corrected chi connectivity index (χ3v) is 6.36. The van der Waals surface area contributed by atoms with E-state index in [1.165, 1.54) is 47.2 Å². The first kappa shape index (κ1) is 16.6. The van der Waals surface area contributed by atoms with Gasteiger partial charge in [-0.15, -0.1) is 0 Å². The van der Waals surface area contributed by atoms with Crippen LogP contribution in [0.25, 0.3) is 43.7 Å². The second-order valence-electron chi connectivity index (χ2n) is 8.16. The average Bonchev–Trinajstić information content (AvgIpc) is 2.77. The van der Waals surface area contributed by atoms with Gasteiger partial charge in [-0.1, -0.05) is 48.5 Å². The molecular formula is C27H22N2. The van der Waals surface area contributed by atoms with E-state index in [1.54, 1.807) is 11.1 Å². The van der Waals surface area contributed by atoms with Crippen molar-refractivity contribution in [3.8, 4) is 11.3 Å². The van der Waals surface area contributed by atoms with E-state index in [-0.39, 0.29) is 0 Å². The molecule has 1 aliphatic carbocycles. The number of hydrogen-bond acceptors (Lipinski definition) is 2. The molecule has 6 rings (SSSR count). The van der Waals surface area contributed by atoms with Gasteiger partial charge in [0.2, 0.25) is 0 Å². The Hall–Kier alpha value is -3.39. The van der Waals surface area contributed by atoms with Crippen molar-refractivity contribution in [1.29, 1.82) is 0 Å². The lowest BCUT2D eigenvalue weighted by Gasteiger charge is -2.19. The highest BCUT2D eigenvalue weighted by Crippen LogP contribution is 2.35. The summed E-state index contributed by atoms with van der Waals surface area (Å²) in [7, 11) is 0. The third-order valence-electron chi connectivity index (χ3n) is 6.36. The summed E-state index contributed by atoms with van der Waals surface area (Å²) >= 11 is 0. The Kier molecular flexibility index (Phi) is 3.60. The van der Waals surface area contributed by atoms with Crippen molar-refractivity contribution in [2.45, 2.75) is 25.7 Å². The van der Waals surface area contributed by atoms with Gasteiger partial charge in [0.1, 0.15) is 0 Å². The van der Waals surface area contributed by atoms with Crippen molar-refractivity contribution >= 4 is 38.1 Å². The first-order valence-corrected chi connectivity index (χ1v) is 10.4. The van der Waals surface area contributed by atoms with Crippen LogP contribution >= 0.6 is 0 Å². The van der Waals surface area contributed by atoms with E-state index < -0.39 is 0 Å². The molecule has 5 aromatic rings. The molecule has 0 atom stereocenters. The normalized spacial score (nSPS) is 13.8. The van der Waals surface area contributed by atoms with Gasteiger partial charge in [-0.25, -0.2) is 4.98 Å². The molecule has 29 heavy (non-hydrogen) atoms. The van der Waals surface area contributed by atoms with Crippen LogP contribution in [-0.2, 0) is 12.8 Å². The molecule has 2 heteroatoms. The highest BCUT2D eigenvalue weighted by molar-refractivity contribution is 6.09. The fraction of sp³-hybridized carbons (Fsp3) is 0.148. The van der Waals surface area contributed by atoms with Gasteiger partial charge in [-0.2, -0.15) is 0 Å². The molecule has 2 N–H and O–H groups in total. The molecule has 0 amide bonds. The van der Waals surface area contributed by atoms with Gasteiger partial charge in [-0.3, -0.25) is 0 Å². The maximum absolute atomic E-state index is 5.95. The predicted molar refractivity (Wildman–Crippen MR) is 123 cm³/mol. The fourth-order valence-electron chi connectivity index (χ4n) is 4.86. The summed E-state index contributed by atoms with van der Waals surface area (Å²) in [6.07, 6.45) is 5.06. The number of hydrogen-bond donors (Lipinski definition) is 1. The summed E-state index contributed by atoms with van der Waals surface area (Å²) in [5, 5.41) is 6.50. The lowest BCUT2D eigenvalue weighted by Crippen LogP contribution is -2.03. The Morgan fingerprint density at radius 2 is 1.45 bits per heavy atom. The van der Waals surface area contributed by atoms with E-state index >= 15 is 0 Å². The molecule has 0 aliphatic heterocycles. The topological polar surface area (TPSA) is 38.9 Å². The molecule has 0 unspecified atom stereocenters. The highest BCUT2D eigenvalue weighted by Gasteiger charge is 2.14. The number of fused-ring (bicyclic) bond motifs is 6. The first-order valence-electron chi connectivity index (χ1n) is 10.4. The number of aryl methyl sites for hydroxylation is 2. The second-order valence-corrected chi connectivity index (χ2v) is 8.16. The number of aromatic nitrogens is 1. The van der Waals surface area contributed by atoms with Crippen molar-refractivity contribution in [3.63, 3.8) is 0 Å². The van der Waals surface area contributed by atoms with Gasteiger partial charge in [0.05, 0.1) is 11.2 Å². The van der Waals surface area contributed by atoms with Crippen LogP contribution in [0.5, 0.6) is 0 Å². The first-order chi connectivity index (χ1) is 14.3. The molecule has 0 radical (unpaired) electrons. The maximum Gasteiger partial charge on any atom is 0.0730 e. The van der Waals surface area contributed by atoms with Crippen molar-refractivity contribution in [3.05, 3.63) is 83.9 Å². The largest absolute Gasteiger partial charge is 0.399 e. The van der Waals surface area contributed by atoms with Crippen LogP contribution in [0.1, 0.15) is 24.0 Å². The van der Waals surface area contributed by atoms with Crippen LogP contribution < -0.4 is 5.73 Å². The molecule has 0 saturated heterocycles. The van der Waals surface area contributed by atoms with Crippen LogP contribution in [0, 0.1) is 0 Å². The van der Waals surface area contributed by atoms with Gasteiger partial charge < -0.3 is 5.73 Å². The van der Waals surface area contributed by atoms with Crippen molar-refractivity contribution in [2.75, 3.05) is 5.73 Å². The quantitative estimate of drug-likeness (QED) is 0.263. The number of pyridine rings is 1. The Labute approximate surface area is 170 Å².